The number of nitrogens with two attached hydrogens (primary N) is 1. The normalized spacial score (nSPS) is 13.7. The van der Waals surface area contributed by atoms with Gasteiger partial charge in [0.1, 0.15) is 11.8 Å². The lowest BCUT2D eigenvalue weighted by atomic mass is 9.94. The van der Waals surface area contributed by atoms with Crippen molar-refractivity contribution in [1.82, 2.24) is 0 Å². The third-order valence-electron chi connectivity index (χ3n) is 2.24. The van der Waals surface area contributed by atoms with Crippen LogP contribution in [0.5, 0.6) is 5.75 Å². The molecular weight excluding hydrogens is 218 g/mol. The smallest absolute Gasteiger partial charge is 0.321 e. The van der Waals surface area contributed by atoms with Crippen LogP contribution >= 0.6 is 12.4 Å². The molecule has 0 radical (unpaired) electrons. The van der Waals surface area contributed by atoms with Crippen molar-refractivity contribution in [2.24, 2.45) is 5.73 Å². The molecule has 0 unspecified atom stereocenters. The van der Waals surface area contributed by atoms with Gasteiger partial charge in [0.2, 0.25) is 0 Å². The monoisotopic (exact) mass is 231 g/mol. The summed E-state index contributed by atoms with van der Waals surface area (Å²) in [5.41, 5.74) is 6.27. The van der Waals surface area contributed by atoms with Gasteiger partial charge in [0.15, 0.2) is 0 Å². The van der Waals surface area contributed by atoms with Crippen LogP contribution in [-0.2, 0) is 4.79 Å². The van der Waals surface area contributed by atoms with Crippen LogP contribution in [0, 0.1) is 0 Å². The molecule has 0 saturated heterocycles. The first-order valence-electron chi connectivity index (χ1n) is 4.29. The first-order chi connectivity index (χ1) is 6.52. The highest BCUT2D eigenvalue weighted by molar-refractivity contribution is 5.85. The number of rotatable bonds is 3. The third-order valence-corrected chi connectivity index (χ3v) is 2.24. The van der Waals surface area contributed by atoms with Crippen molar-refractivity contribution in [3.8, 4) is 5.75 Å². The number of halogens is 1. The molecule has 0 fully saturated rings. The van der Waals surface area contributed by atoms with Crippen LogP contribution in [0.2, 0.25) is 0 Å². The van der Waals surface area contributed by atoms with Gasteiger partial charge in [-0.05, 0) is 17.7 Å². The van der Waals surface area contributed by atoms with E-state index in [9.17, 15) is 4.79 Å². The van der Waals surface area contributed by atoms with Gasteiger partial charge in [-0.2, -0.15) is 0 Å². The second-order valence-corrected chi connectivity index (χ2v) is 3.24. The van der Waals surface area contributed by atoms with Crippen LogP contribution in [0.15, 0.2) is 24.3 Å². The Bertz CT molecular complexity index is 326. The van der Waals surface area contributed by atoms with E-state index in [1.54, 1.807) is 19.1 Å². The minimum atomic E-state index is -1.02. The van der Waals surface area contributed by atoms with Crippen LogP contribution < -0.4 is 5.73 Å². The molecule has 1 rings (SSSR count). The number of phenolic OH excluding ortho intramolecular Hbond substituents is 1. The minimum Gasteiger partial charge on any atom is -0.508 e. The Morgan fingerprint density at radius 3 is 2.20 bits per heavy atom. The summed E-state index contributed by atoms with van der Waals surface area (Å²) < 4.78 is 0. The van der Waals surface area contributed by atoms with Crippen molar-refractivity contribution >= 4 is 18.4 Å². The maximum absolute atomic E-state index is 10.6. The average molecular weight is 232 g/mol. The summed E-state index contributed by atoms with van der Waals surface area (Å²) in [4.78, 5) is 10.6. The van der Waals surface area contributed by atoms with Crippen molar-refractivity contribution < 1.29 is 15.0 Å². The molecule has 0 aliphatic carbocycles. The first-order valence-corrected chi connectivity index (χ1v) is 4.29. The van der Waals surface area contributed by atoms with E-state index in [0.29, 0.717) is 0 Å². The number of aliphatic carboxylic acids is 1. The molecular formula is C10H14ClNO3. The van der Waals surface area contributed by atoms with Gasteiger partial charge in [-0.15, -0.1) is 12.4 Å². The minimum absolute atomic E-state index is 0. The molecule has 0 aliphatic rings. The fraction of sp³-hybridized carbons (Fsp3) is 0.300. The van der Waals surface area contributed by atoms with Crippen molar-refractivity contribution in [3.63, 3.8) is 0 Å². The van der Waals surface area contributed by atoms with Gasteiger partial charge in [-0.25, -0.2) is 0 Å². The molecule has 15 heavy (non-hydrogen) atoms. The lowest BCUT2D eigenvalue weighted by Gasteiger charge is -2.15. The van der Waals surface area contributed by atoms with Crippen molar-refractivity contribution in [2.75, 3.05) is 0 Å². The fourth-order valence-electron chi connectivity index (χ4n) is 1.20. The van der Waals surface area contributed by atoms with E-state index >= 15 is 0 Å². The van der Waals surface area contributed by atoms with Crippen LogP contribution in [0.1, 0.15) is 18.4 Å². The molecule has 4 nitrogen and oxygen atoms in total. The van der Waals surface area contributed by atoms with Gasteiger partial charge in [0, 0.05) is 5.92 Å². The third kappa shape index (κ3) is 3.42. The van der Waals surface area contributed by atoms with Crippen molar-refractivity contribution in [3.05, 3.63) is 29.8 Å². The van der Waals surface area contributed by atoms with Crippen LogP contribution in [0.25, 0.3) is 0 Å². The number of aromatic hydroxyl groups is 1. The summed E-state index contributed by atoms with van der Waals surface area (Å²) in [6.45, 7) is 1.74. The van der Waals surface area contributed by atoms with Gasteiger partial charge < -0.3 is 15.9 Å². The number of phenols is 1. The molecule has 0 aliphatic heterocycles. The summed E-state index contributed by atoms with van der Waals surface area (Å²) in [7, 11) is 0. The molecule has 0 spiro atoms. The topological polar surface area (TPSA) is 83.5 Å². The Morgan fingerprint density at radius 2 is 1.80 bits per heavy atom. The van der Waals surface area contributed by atoms with E-state index in [1.807, 2.05) is 0 Å². The molecule has 2 atom stereocenters. The maximum Gasteiger partial charge on any atom is 0.321 e. The van der Waals surface area contributed by atoms with Gasteiger partial charge in [0.25, 0.3) is 0 Å². The number of benzene rings is 1. The fourth-order valence-corrected chi connectivity index (χ4v) is 1.20. The number of hydrogen-bond donors (Lipinski definition) is 3. The summed E-state index contributed by atoms with van der Waals surface area (Å²) in [5.74, 6) is -1.14. The summed E-state index contributed by atoms with van der Waals surface area (Å²) in [6, 6.07) is 5.45. The zero-order valence-electron chi connectivity index (χ0n) is 8.25. The molecule has 5 heteroatoms. The quantitative estimate of drug-likeness (QED) is 0.733. The Labute approximate surface area is 94.1 Å². The predicted octanol–water partition coefficient (Wildman–Crippen LogP) is 1.33. The van der Waals surface area contributed by atoms with E-state index in [1.165, 1.54) is 12.1 Å². The lowest BCUT2D eigenvalue weighted by Crippen LogP contribution is -2.35. The Balaban J connectivity index is 0.00000196. The molecule has 1 aromatic rings. The van der Waals surface area contributed by atoms with Crippen LogP contribution in [-0.4, -0.2) is 22.2 Å². The summed E-state index contributed by atoms with van der Waals surface area (Å²) >= 11 is 0. The Kier molecular flexibility index (Phi) is 5.11. The van der Waals surface area contributed by atoms with Crippen molar-refractivity contribution in [2.45, 2.75) is 18.9 Å². The highest BCUT2D eigenvalue weighted by atomic mass is 35.5. The molecule has 0 saturated carbocycles. The predicted molar refractivity (Wildman–Crippen MR) is 59.4 cm³/mol. The highest BCUT2D eigenvalue weighted by Crippen LogP contribution is 2.20. The maximum atomic E-state index is 10.6. The first kappa shape index (κ1) is 13.7. The standard InChI is InChI=1S/C10H13NO3.ClH/c1-6(9(11)10(13)14)7-2-4-8(12)5-3-7;/h2-6,9,12H,11H2,1H3,(H,13,14);1H/t6-,9-;/m1./s1. The van der Waals surface area contributed by atoms with Crippen LogP contribution in [0.3, 0.4) is 0 Å². The lowest BCUT2D eigenvalue weighted by molar-refractivity contribution is -0.139. The van der Waals surface area contributed by atoms with E-state index in [2.05, 4.69) is 0 Å². The van der Waals surface area contributed by atoms with E-state index in [4.69, 9.17) is 15.9 Å². The Hall–Kier alpha value is -1.26. The molecule has 1 aromatic carbocycles. The molecule has 84 valence electrons. The second kappa shape index (κ2) is 5.58. The van der Waals surface area contributed by atoms with Crippen LogP contribution in [0.4, 0.5) is 0 Å². The SMILES string of the molecule is C[C@H](c1ccc(O)cc1)[C@@H](N)C(=O)O.Cl. The average Bonchev–Trinajstić information content (AvgIpc) is 2.16. The molecule has 0 bridgehead atoms. The zero-order chi connectivity index (χ0) is 10.7. The summed E-state index contributed by atoms with van der Waals surface area (Å²) in [6.07, 6.45) is 0. The largest absolute Gasteiger partial charge is 0.508 e. The van der Waals surface area contributed by atoms with E-state index in [0.717, 1.165) is 5.56 Å². The second-order valence-electron chi connectivity index (χ2n) is 3.24. The number of carbonyl (C=O) groups is 1. The highest BCUT2D eigenvalue weighted by Gasteiger charge is 2.21. The van der Waals surface area contributed by atoms with E-state index in [-0.39, 0.29) is 24.1 Å². The van der Waals surface area contributed by atoms with Gasteiger partial charge in [-0.3, -0.25) is 4.79 Å². The Morgan fingerprint density at radius 1 is 1.33 bits per heavy atom. The van der Waals surface area contributed by atoms with Gasteiger partial charge >= 0.3 is 5.97 Å². The number of hydrogen-bond acceptors (Lipinski definition) is 3. The molecule has 0 heterocycles. The van der Waals surface area contributed by atoms with Gasteiger partial charge in [0.05, 0.1) is 0 Å². The van der Waals surface area contributed by atoms with Gasteiger partial charge in [-0.1, -0.05) is 19.1 Å². The van der Waals surface area contributed by atoms with E-state index < -0.39 is 12.0 Å². The zero-order valence-corrected chi connectivity index (χ0v) is 9.07. The summed E-state index contributed by atoms with van der Waals surface area (Å²) in [5, 5.41) is 17.7. The molecule has 0 amide bonds. The number of carboxylic acids is 1. The molecule has 4 N–H and O–H groups in total. The van der Waals surface area contributed by atoms with Crippen molar-refractivity contribution in [1.29, 1.82) is 0 Å². The number of carboxylic acid groups (broad SMARTS) is 1. The molecule has 0 aromatic heterocycles.